The third-order valence-electron chi connectivity index (χ3n) is 2.73. The van der Waals surface area contributed by atoms with Gasteiger partial charge in [0.25, 0.3) is 0 Å². The lowest BCUT2D eigenvalue weighted by atomic mass is 9.98. The average Bonchev–Trinajstić information content (AvgIpc) is 2.38. The lowest BCUT2D eigenvalue weighted by Gasteiger charge is -2.21. The van der Waals surface area contributed by atoms with Crippen molar-refractivity contribution in [3.05, 3.63) is 23.2 Å². The van der Waals surface area contributed by atoms with E-state index >= 15 is 0 Å². The molecule has 1 fully saturated rings. The molecule has 0 unspecified atom stereocenters. The Bertz CT molecular complexity index is 439. The minimum absolute atomic E-state index is 0.0000783. The Morgan fingerprint density at radius 2 is 2.22 bits per heavy atom. The van der Waals surface area contributed by atoms with E-state index in [-0.39, 0.29) is 24.3 Å². The van der Waals surface area contributed by atoms with E-state index in [0.717, 1.165) is 0 Å². The predicted octanol–water partition coefficient (Wildman–Crippen LogP) is 0.272. The number of rotatable bonds is 3. The highest BCUT2D eigenvalue weighted by Gasteiger charge is 2.24. The van der Waals surface area contributed by atoms with Gasteiger partial charge >= 0.3 is 0 Å². The number of hydrogen-bond donors (Lipinski definition) is 2. The summed E-state index contributed by atoms with van der Waals surface area (Å²) in [4.78, 5) is 30.7. The van der Waals surface area contributed by atoms with E-state index in [2.05, 4.69) is 20.6 Å². The average molecular weight is 269 g/mol. The molecule has 2 amide bonds. The van der Waals surface area contributed by atoms with Gasteiger partial charge in [0, 0.05) is 25.4 Å². The normalized spacial score (nSPS) is 19.2. The summed E-state index contributed by atoms with van der Waals surface area (Å²) in [5.74, 6) is 0.247. The van der Waals surface area contributed by atoms with Gasteiger partial charge in [-0.25, -0.2) is 9.97 Å². The van der Waals surface area contributed by atoms with Crippen LogP contribution in [0.15, 0.2) is 12.4 Å². The molecule has 0 saturated carbocycles. The Labute approximate surface area is 109 Å². The van der Waals surface area contributed by atoms with Crippen molar-refractivity contribution in [2.24, 2.45) is 5.92 Å². The van der Waals surface area contributed by atoms with Gasteiger partial charge in [0.05, 0.1) is 17.5 Å². The van der Waals surface area contributed by atoms with Gasteiger partial charge in [0.1, 0.15) is 5.82 Å². The summed E-state index contributed by atoms with van der Waals surface area (Å²) in [5, 5.41) is 5.87. The van der Waals surface area contributed by atoms with Crippen molar-refractivity contribution in [1.82, 2.24) is 20.6 Å². The number of amides is 2. The van der Waals surface area contributed by atoms with E-state index in [1.54, 1.807) is 0 Å². The fraction of sp³-hybridized carbons (Fsp3) is 0.455. The second-order valence-corrected chi connectivity index (χ2v) is 4.51. The minimum Gasteiger partial charge on any atom is -0.355 e. The van der Waals surface area contributed by atoms with Crippen LogP contribution in [0.2, 0.25) is 5.02 Å². The molecule has 1 aromatic rings. The van der Waals surface area contributed by atoms with Crippen molar-refractivity contribution < 1.29 is 9.59 Å². The van der Waals surface area contributed by atoms with Crippen molar-refractivity contribution >= 4 is 23.4 Å². The smallest absolute Gasteiger partial charge is 0.225 e. The maximum absolute atomic E-state index is 11.8. The highest BCUT2D eigenvalue weighted by Crippen LogP contribution is 2.10. The zero-order valence-electron chi connectivity index (χ0n) is 9.65. The van der Waals surface area contributed by atoms with E-state index < -0.39 is 0 Å². The Morgan fingerprint density at radius 1 is 1.50 bits per heavy atom. The van der Waals surface area contributed by atoms with Crippen LogP contribution in [-0.2, 0) is 16.1 Å². The molecule has 0 spiro atoms. The van der Waals surface area contributed by atoms with Crippen LogP contribution in [0, 0.1) is 5.92 Å². The quantitative estimate of drug-likeness (QED) is 0.824. The number of nitrogens with zero attached hydrogens (tertiary/aromatic N) is 2. The standard InChI is InChI=1S/C11H13ClN4O2/c12-8-4-13-9(14-5-8)6-16-11(18)7-1-2-10(17)15-3-7/h4-5,7H,1-3,6H2,(H,15,17)(H,16,18)/t7-/m1/s1. The topological polar surface area (TPSA) is 84.0 Å². The van der Waals surface area contributed by atoms with Crippen LogP contribution in [0.5, 0.6) is 0 Å². The fourth-order valence-corrected chi connectivity index (χ4v) is 1.80. The molecule has 1 saturated heterocycles. The number of halogens is 1. The number of nitrogens with one attached hydrogen (secondary N) is 2. The minimum atomic E-state index is -0.171. The molecular formula is C11H13ClN4O2. The fourth-order valence-electron chi connectivity index (χ4n) is 1.70. The van der Waals surface area contributed by atoms with Crippen LogP contribution in [0.1, 0.15) is 18.7 Å². The molecule has 7 heteroatoms. The first-order chi connectivity index (χ1) is 8.65. The van der Waals surface area contributed by atoms with Crippen LogP contribution in [-0.4, -0.2) is 28.3 Å². The first-order valence-electron chi connectivity index (χ1n) is 5.66. The monoisotopic (exact) mass is 268 g/mol. The Balaban J connectivity index is 1.81. The summed E-state index contributed by atoms with van der Waals surface area (Å²) >= 11 is 5.66. The SMILES string of the molecule is O=C1CC[C@@H](C(=O)NCc2ncc(Cl)cn2)CN1. The van der Waals surface area contributed by atoms with Gasteiger partial charge in [-0.3, -0.25) is 9.59 Å². The maximum Gasteiger partial charge on any atom is 0.225 e. The van der Waals surface area contributed by atoms with Crippen LogP contribution >= 0.6 is 11.6 Å². The lowest BCUT2D eigenvalue weighted by Crippen LogP contribution is -2.42. The van der Waals surface area contributed by atoms with Crippen molar-refractivity contribution in [3.63, 3.8) is 0 Å². The third kappa shape index (κ3) is 3.40. The molecule has 1 atom stereocenters. The van der Waals surface area contributed by atoms with E-state index in [1.165, 1.54) is 12.4 Å². The molecule has 18 heavy (non-hydrogen) atoms. The molecule has 6 nitrogen and oxygen atoms in total. The van der Waals surface area contributed by atoms with Crippen LogP contribution in [0.3, 0.4) is 0 Å². The van der Waals surface area contributed by atoms with Gasteiger partial charge < -0.3 is 10.6 Å². The van der Waals surface area contributed by atoms with Crippen LogP contribution in [0.4, 0.5) is 0 Å². The van der Waals surface area contributed by atoms with Crippen molar-refractivity contribution in [3.8, 4) is 0 Å². The summed E-state index contributed by atoms with van der Waals surface area (Å²) in [7, 11) is 0. The lowest BCUT2D eigenvalue weighted by molar-refractivity contribution is -0.129. The zero-order valence-corrected chi connectivity index (χ0v) is 10.4. The molecule has 0 bridgehead atoms. The van der Waals surface area contributed by atoms with E-state index in [1.807, 2.05) is 0 Å². The second kappa shape index (κ2) is 5.77. The molecule has 0 aliphatic carbocycles. The highest BCUT2D eigenvalue weighted by molar-refractivity contribution is 6.30. The molecule has 0 aromatic carbocycles. The molecular weight excluding hydrogens is 256 g/mol. The largest absolute Gasteiger partial charge is 0.355 e. The number of aromatic nitrogens is 2. The molecule has 96 valence electrons. The van der Waals surface area contributed by atoms with Gasteiger partial charge in [-0.2, -0.15) is 0 Å². The predicted molar refractivity (Wildman–Crippen MR) is 64.6 cm³/mol. The van der Waals surface area contributed by atoms with Gasteiger partial charge in [-0.05, 0) is 6.42 Å². The Hall–Kier alpha value is -1.69. The summed E-state index contributed by atoms with van der Waals surface area (Å²) in [6.45, 7) is 0.659. The molecule has 0 radical (unpaired) electrons. The van der Waals surface area contributed by atoms with Crippen molar-refractivity contribution in [1.29, 1.82) is 0 Å². The van der Waals surface area contributed by atoms with Gasteiger partial charge in [-0.1, -0.05) is 11.6 Å². The van der Waals surface area contributed by atoms with Crippen LogP contribution < -0.4 is 10.6 Å². The van der Waals surface area contributed by atoms with Gasteiger partial charge in [0.2, 0.25) is 11.8 Å². The second-order valence-electron chi connectivity index (χ2n) is 4.07. The van der Waals surface area contributed by atoms with Gasteiger partial charge in [-0.15, -0.1) is 0 Å². The first-order valence-corrected chi connectivity index (χ1v) is 6.04. The zero-order chi connectivity index (χ0) is 13.0. The summed E-state index contributed by atoms with van der Waals surface area (Å²) in [5.41, 5.74) is 0. The molecule has 1 aromatic heterocycles. The third-order valence-corrected chi connectivity index (χ3v) is 2.93. The van der Waals surface area contributed by atoms with Crippen molar-refractivity contribution in [2.45, 2.75) is 19.4 Å². The van der Waals surface area contributed by atoms with Crippen LogP contribution in [0.25, 0.3) is 0 Å². The maximum atomic E-state index is 11.8. The Kier molecular flexibility index (Phi) is 4.09. The number of carbonyl (C=O) groups excluding carboxylic acids is 2. The number of carbonyl (C=O) groups is 2. The summed E-state index contributed by atoms with van der Waals surface area (Å²) < 4.78 is 0. The molecule has 2 N–H and O–H groups in total. The molecule has 2 rings (SSSR count). The van der Waals surface area contributed by atoms with Crippen molar-refractivity contribution in [2.75, 3.05) is 6.54 Å². The molecule has 1 aliphatic rings. The number of hydrogen-bond acceptors (Lipinski definition) is 4. The molecule has 1 aliphatic heterocycles. The highest BCUT2D eigenvalue weighted by atomic mass is 35.5. The first kappa shape index (κ1) is 12.8. The Morgan fingerprint density at radius 3 is 2.83 bits per heavy atom. The molecule has 2 heterocycles. The summed E-state index contributed by atoms with van der Waals surface area (Å²) in [6.07, 6.45) is 3.95. The van der Waals surface area contributed by atoms with E-state index in [0.29, 0.717) is 30.2 Å². The summed E-state index contributed by atoms with van der Waals surface area (Å²) in [6, 6.07) is 0. The van der Waals surface area contributed by atoms with Gasteiger partial charge in [0.15, 0.2) is 0 Å². The van der Waals surface area contributed by atoms with E-state index in [9.17, 15) is 9.59 Å². The number of piperidine rings is 1. The van der Waals surface area contributed by atoms with E-state index in [4.69, 9.17) is 11.6 Å².